The van der Waals surface area contributed by atoms with E-state index in [1.807, 2.05) is 51.6 Å². The van der Waals surface area contributed by atoms with Crippen LogP contribution < -0.4 is 16.0 Å². The highest BCUT2D eigenvalue weighted by Crippen LogP contribution is 2.09. The monoisotopic (exact) mass is 338 g/mol. The Morgan fingerprint density at radius 2 is 1.96 bits per heavy atom. The van der Waals surface area contributed by atoms with E-state index in [-0.39, 0.29) is 0 Å². The molecule has 0 aliphatic carbocycles. The van der Waals surface area contributed by atoms with Crippen molar-refractivity contribution in [2.24, 2.45) is 4.99 Å². The van der Waals surface area contributed by atoms with Crippen LogP contribution in [0.3, 0.4) is 0 Å². The Hall–Kier alpha value is -2.25. The first kappa shape index (κ1) is 19.8. The number of carbonyl (C=O) groups excluding carboxylic acids is 1. The lowest BCUT2D eigenvalue weighted by molar-refractivity contribution is 0.0474. The van der Waals surface area contributed by atoms with Gasteiger partial charge in [-0.05, 0) is 40.7 Å². The molecule has 3 N–H and O–H groups in total. The Labute approximate surface area is 144 Å². The summed E-state index contributed by atoms with van der Waals surface area (Å²) in [5, 5.41) is 13.4. The van der Waals surface area contributed by atoms with Crippen molar-refractivity contribution in [2.45, 2.75) is 52.3 Å². The molecule has 1 amide bonds. The minimum atomic E-state index is -0.516. The second-order valence-electron chi connectivity index (χ2n) is 7.13. The quantitative estimate of drug-likeness (QED) is 0.538. The molecule has 0 fully saturated rings. The largest absolute Gasteiger partial charge is 0.444 e. The third-order valence-electron chi connectivity index (χ3n) is 2.95. The molecule has 0 unspecified atom stereocenters. The number of rotatable bonds is 6. The Morgan fingerprint density at radius 1 is 1.25 bits per heavy atom. The first-order valence-corrected chi connectivity index (χ1v) is 8.04. The molecule has 1 aromatic heterocycles. The molecule has 136 valence electrons. The Kier molecular flexibility index (Phi) is 7.06. The van der Waals surface area contributed by atoms with Gasteiger partial charge < -0.3 is 20.7 Å². The molecule has 0 bridgehead atoms. The number of amides is 1. The lowest BCUT2D eigenvalue weighted by Gasteiger charge is -2.29. The SMILES string of the molecule is CN=C(NCCn1cccn1)NCC(C)(C)NC(=O)OC(C)(C)C. The molecule has 1 aromatic rings. The lowest BCUT2D eigenvalue weighted by atomic mass is 10.1. The minimum Gasteiger partial charge on any atom is -0.444 e. The fourth-order valence-electron chi connectivity index (χ4n) is 1.87. The predicted molar refractivity (Wildman–Crippen MR) is 95.0 cm³/mol. The number of nitrogens with one attached hydrogen (secondary N) is 3. The van der Waals surface area contributed by atoms with Crippen molar-refractivity contribution in [1.29, 1.82) is 0 Å². The number of hydrogen-bond acceptors (Lipinski definition) is 4. The number of aliphatic imine (C=N–C) groups is 1. The number of aromatic nitrogens is 2. The van der Waals surface area contributed by atoms with Gasteiger partial charge in [0.15, 0.2) is 5.96 Å². The highest BCUT2D eigenvalue weighted by atomic mass is 16.6. The molecule has 0 atom stereocenters. The second kappa shape index (κ2) is 8.56. The van der Waals surface area contributed by atoms with Gasteiger partial charge in [0.1, 0.15) is 5.60 Å². The van der Waals surface area contributed by atoms with Crippen LogP contribution in [0.4, 0.5) is 4.79 Å². The van der Waals surface area contributed by atoms with E-state index in [9.17, 15) is 4.79 Å². The number of ether oxygens (including phenoxy) is 1. The average molecular weight is 338 g/mol. The average Bonchev–Trinajstić information content (AvgIpc) is 2.92. The topological polar surface area (TPSA) is 92.6 Å². The van der Waals surface area contributed by atoms with Gasteiger partial charge in [-0.2, -0.15) is 5.10 Å². The fraction of sp³-hybridized carbons (Fsp3) is 0.688. The third-order valence-corrected chi connectivity index (χ3v) is 2.95. The molecular formula is C16H30N6O2. The Morgan fingerprint density at radius 3 is 2.50 bits per heavy atom. The van der Waals surface area contributed by atoms with E-state index in [0.29, 0.717) is 19.0 Å². The van der Waals surface area contributed by atoms with Crippen LogP contribution in [-0.4, -0.2) is 53.1 Å². The number of nitrogens with zero attached hydrogens (tertiary/aromatic N) is 3. The first-order chi connectivity index (χ1) is 11.1. The molecule has 0 radical (unpaired) electrons. The zero-order chi connectivity index (χ0) is 18.2. The van der Waals surface area contributed by atoms with Crippen molar-refractivity contribution in [1.82, 2.24) is 25.7 Å². The molecule has 8 nitrogen and oxygen atoms in total. The van der Waals surface area contributed by atoms with Crippen molar-refractivity contribution in [3.8, 4) is 0 Å². The van der Waals surface area contributed by atoms with Crippen LogP contribution in [0.2, 0.25) is 0 Å². The summed E-state index contributed by atoms with van der Waals surface area (Å²) in [5.74, 6) is 0.668. The van der Waals surface area contributed by atoms with Crippen molar-refractivity contribution < 1.29 is 9.53 Å². The lowest BCUT2D eigenvalue weighted by Crippen LogP contribution is -2.54. The highest BCUT2D eigenvalue weighted by molar-refractivity contribution is 5.79. The van der Waals surface area contributed by atoms with Gasteiger partial charge in [0.25, 0.3) is 0 Å². The van der Waals surface area contributed by atoms with E-state index >= 15 is 0 Å². The Bertz CT molecular complexity index is 531. The molecule has 0 saturated heterocycles. The molecule has 24 heavy (non-hydrogen) atoms. The smallest absolute Gasteiger partial charge is 0.408 e. The van der Waals surface area contributed by atoms with Crippen molar-refractivity contribution >= 4 is 12.1 Å². The minimum absolute atomic E-state index is 0.434. The van der Waals surface area contributed by atoms with E-state index in [1.54, 1.807) is 13.2 Å². The zero-order valence-electron chi connectivity index (χ0n) is 15.5. The van der Waals surface area contributed by atoms with Crippen LogP contribution in [0.15, 0.2) is 23.5 Å². The molecule has 0 saturated carbocycles. The molecule has 1 heterocycles. The van der Waals surface area contributed by atoms with Gasteiger partial charge >= 0.3 is 6.09 Å². The number of hydrogen-bond donors (Lipinski definition) is 3. The summed E-state index contributed by atoms with van der Waals surface area (Å²) in [6.45, 7) is 11.3. The van der Waals surface area contributed by atoms with Crippen molar-refractivity contribution in [3.63, 3.8) is 0 Å². The van der Waals surface area contributed by atoms with Gasteiger partial charge in [0, 0.05) is 32.5 Å². The Balaban J connectivity index is 2.36. The van der Waals surface area contributed by atoms with E-state index in [1.165, 1.54) is 0 Å². The molecule has 0 aliphatic heterocycles. The molecule has 8 heteroatoms. The van der Waals surface area contributed by atoms with Crippen LogP contribution in [0.25, 0.3) is 0 Å². The maximum Gasteiger partial charge on any atom is 0.408 e. The van der Waals surface area contributed by atoms with Gasteiger partial charge in [0.2, 0.25) is 0 Å². The van der Waals surface area contributed by atoms with E-state index in [2.05, 4.69) is 26.0 Å². The van der Waals surface area contributed by atoms with Crippen molar-refractivity contribution in [2.75, 3.05) is 20.1 Å². The third kappa shape index (κ3) is 8.40. The summed E-state index contributed by atoms with van der Waals surface area (Å²) in [7, 11) is 1.71. The number of guanidine groups is 1. The molecular weight excluding hydrogens is 308 g/mol. The van der Waals surface area contributed by atoms with Crippen LogP contribution >= 0.6 is 0 Å². The van der Waals surface area contributed by atoms with Gasteiger partial charge in [0.05, 0.1) is 12.1 Å². The van der Waals surface area contributed by atoms with Gasteiger partial charge in [-0.15, -0.1) is 0 Å². The maximum atomic E-state index is 11.9. The standard InChI is InChI=1S/C16H30N6O2/c1-15(2,3)24-14(23)21-16(4,5)12-19-13(17-6)18-9-11-22-10-7-8-20-22/h7-8,10H,9,11-12H2,1-6H3,(H,21,23)(H2,17,18,19). The summed E-state index contributed by atoms with van der Waals surface area (Å²) in [6.07, 6.45) is 3.22. The summed E-state index contributed by atoms with van der Waals surface area (Å²) < 4.78 is 7.12. The predicted octanol–water partition coefficient (Wildman–Crippen LogP) is 1.35. The van der Waals surface area contributed by atoms with Gasteiger partial charge in [-0.3, -0.25) is 9.67 Å². The molecule has 1 rings (SSSR count). The van der Waals surface area contributed by atoms with Crippen LogP contribution in [0, 0.1) is 0 Å². The van der Waals surface area contributed by atoms with Crippen LogP contribution in [-0.2, 0) is 11.3 Å². The molecule has 0 aliphatic rings. The zero-order valence-corrected chi connectivity index (χ0v) is 15.5. The van der Waals surface area contributed by atoms with E-state index in [0.717, 1.165) is 6.54 Å². The van der Waals surface area contributed by atoms with E-state index < -0.39 is 17.2 Å². The summed E-state index contributed by atoms with van der Waals surface area (Å²) in [5.41, 5.74) is -1.00. The normalized spacial score (nSPS) is 12.7. The van der Waals surface area contributed by atoms with E-state index in [4.69, 9.17) is 4.74 Å². The van der Waals surface area contributed by atoms with Crippen molar-refractivity contribution in [3.05, 3.63) is 18.5 Å². The maximum absolute atomic E-state index is 11.9. The fourth-order valence-corrected chi connectivity index (χ4v) is 1.87. The molecule has 0 aromatic carbocycles. The second-order valence-corrected chi connectivity index (χ2v) is 7.13. The summed E-state index contributed by atoms with van der Waals surface area (Å²) >= 11 is 0. The number of carbonyl (C=O) groups is 1. The van der Waals surface area contributed by atoms with Crippen LogP contribution in [0.1, 0.15) is 34.6 Å². The summed E-state index contributed by atoms with van der Waals surface area (Å²) in [4.78, 5) is 16.0. The number of alkyl carbamates (subject to hydrolysis) is 1. The highest BCUT2D eigenvalue weighted by Gasteiger charge is 2.24. The van der Waals surface area contributed by atoms with Gasteiger partial charge in [-0.1, -0.05) is 0 Å². The summed E-state index contributed by atoms with van der Waals surface area (Å²) in [6, 6.07) is 1.89. The van der Waals surface area contributed by atoms with Gasteiger partial charge in [-0.25, -0.2) is 4.79 Å². The first-order valence-electron chi connectivity index (χ1n) is 8.04. The van der Waals surface area contributed by atoms with Crippen LogP contribution in [0.5, 0.6) is 0 Å². The molecule has 0 spiro atoms.